The third-order valence-corrected chi connectivity index (χ3v) is 3.05. The van der Waals surface area contributed by atoms with E-state index in [4.69, 9.17) is 15.7 Å². The average molecular weight is 272 g/mol. The van der Waals surface area contributed by atoms with Gasteiger partial charge in [-0.05, 0) is 24.5 Å². The summed E-state index contributed by atoms with van der Waals surface area (Å²) in [6, 6.07) is 7.69. The van der Waals surface area contributed by atoms with Crippen LogP contribution < -0.4 is 5.73 Å². The predicted octanol–water partition coefficient (Wildman–Crippen LogP) is 2.55. The number of benzene rings is 1. The Hall–Kier alpha value is -2.06. The third-order valence-electron chi connectivity index (χ3n) is 3.05. The summed E-state index contributed by atoms with van der Waals surface area (Å²) in [4.78, 5) is 4.29. The molecule has 5 nitrogen and oxygen atoms in total. The minimum atomic E-state index is 0.451. The normalized spacial score (nSPS) is 11.1. The number of imidazole rings is 1. The molecule has 0 spiro atoms. The zero-order valence-corrected chi connectivity index (χ0v) is 12.0. The molecule has 2 N–H and O–H groups in total. The minimum absolute atomic E-state index is 0.451. The van der Waals surface area contributed by atoms with Crippen LogP contribution in [0.25, 0.3) is 11.0 Å². The number of anilines is 1. The highest BCUT2D eigenvalue weighted by atomic mass is 16.5. The minimum Gasteiger partial charge on any atom is -0.381 e. The van der Waals surface area contributed by atoms with Crippen LogP contribution in [0.5, 0.6) is 0 Å². The van der Waals surface area contributed by atoms with E-state index < -0.39 is 0 Å². The summed E-state index contributed by atoms with van der Waals surface area (Å²) < 4.78 is 7.50. The molecule has 0 radical (unpaired) electrons. The van der Waals surface area contributed by atoms with Gasteiger partial charge in [-0.15, -0.1) is 0 Å². The maximum absolute atomic E-state index is 9.07. The van der Waals surface area contributed by atoms with E-state index in [2.05, 4.69) is 24.9 Å². The maximum atomic E-state index is 9.07. The Labute approximate surface area is 119 Å². The Balaban J connectivity index is 2.07. The van der Waals surface area contributed by atoms with Crippen LogP contribution in [0.3, 0.4) is 0 Å². The Bertz CT molecular complexity index is 625. The summed E-state index contributed by atoms with van der Waals surface area (Å²) in [6.07, 6.45) is 0.874. The number of nitriles is 1. The Morgan fingerprint density at radius 1 is 1.45 bits per heavy atom. The van der Waals surface area contributed by atoms with Crippen molar-refractivity contribution in [2.75, 3.05) is 18.9 Å². The van der Waals surface area contributed by atoms with E-state index in [0.29, 0.717) is 29.6 Å². The molecule has 5 heteroatoms. The van der Waals surface area contributed by atoms with E-state index >= 15 is 0 Å². The monoisotopic (exact) mass is 272 g/mol. The number of aryl methyl sites for hydroxylation is 1. The van der Waals surface area contributed by atoms with Gasteiger partial charge >= 0.3 is 0 Å². The number of rotatable bonds is 6. The molecule has 1 aromatic heterocycles. The quantitative estimate of drug-likeness (QED) is 0.820. The van der Waals surface area contributed by atoms with Crippen molar-refractivity contribution in [3.8, 4) is 6.07 Å². The molecule has 2 rings (SSSR count). The second-order valence-electron chi connectivity index (χ2n) is 5.23. The molecule has 0 aliphatic carbocycles. The Morgan fingerprint density at radius 3 is 2.95 bits per heavy atom. The SMILES string of the molecule is CC(C)COCCCn1c(N)nc2c(C#N)cccc21. The van der Waals surface area contributed by atoms with Gasteiger partial charge in [-0.3, -0.25) is 0 Å². The Morgan fingerprint density at radius 2 is 2.25 bits per heavy atom. The van der Waals surface area contributed by atoms with E-state index in [9.17, 15) is 0 Å². The molecule has 0 amide bonds. The molecule has 1 aromatic carbocycles. The summed E-state index contributed by atoms with van der Waals surface area (Å²) in [5.41, 5.74) is 8.09. The highest BCUT2D eigenvalue weighted by Crippen LogP contribution is 2.21. The van der Waals surface area contributed by atoms with Crippen molar-refractivity contribution in [2.45, 2.75) is 26.8 Å². The van der Waals surface area contributed by atoms with Crippen LogP contribution in [0.15, 0.2) is 18.2 Å². The van der Waals surface area contributed by atoms with E-state index in [1.54, 1.807) is 6.07 Å². The zero-order valence-electron chi connectivity index (χ0n) is 12.0. The smallest absolute Gasteiger partial charge is 0.201 e. The number of nitrogens with zero attached hydrogens (tertiary/aromatic N) is 3. The number of hydrogen-bond donors (Lipinski definition) is 1. The summed E-state index contributed by atoms with van der Waals surface area (Å²) in [6.45, 7) is 6.48. The third kappa shape index (κ3) is 3.09. The van der Waals surface area contributed by atoms with Crippen molar-refractivity contribution in [3.63, 3.8) is 0 Å². The second kappa shape index (κ2) is 6.40. The molecule has 0 saturated carbocycles. The fourth-order valence-electron chi connectivity index (χ4n) is 2.13. The lowest BCUT2D eigenvalue weighted by Crippen LogP contribution is -2.08. The number of aromatic nitrogens is 2. The molecule has 20 heavy (non-hydrogen) atoms. The second-order valence-corrected chi connectivity index (χ2v) is 5.23. The van der Waals surface area contributed by atoms with Gasteiger partial charge in [0.15, 0.2) is 0 Å². The lowest BCUT2D eigenvalue weighted by Gasteiger charge is -2.08. The highest BCUT2D eigenvalue weighted by Gasteiger charge is 2.10. The average Bonchev–Trinajstić information content (AvgIpc) is 2.74. The lowest BCUT2D eigenvalue weighted by atomic mass is 10.2. The zero-order chi connectivity index (χ0) is 14.5. The molecule has 0 bridgehead atoms. The number of nitrogens with two attached hydrogens (primary N) is 1. The summed E-state index contributed by atoms with van der Waals surface area (Å²) in [5, 5.41) is 9.07. The first-order chi connectivity index (χ1) is 9.63. The van der Waals surface area contributed by atoms with E-state index in [0.717, 1.165) is 25.1 Å². The van der Waals surface area contributed by atoms with Crippen LogP contribution in [0.2, 0.25) is 0 Å². The van der Waals surface area contributed by atoms with E-state index in [1.807, 2.05) is 16.7 Å². The number of hydrogen-bond acceptors (Lipinski definition) is 4. The van der Waals surface area contributed by atoms with Crippen LogP contribution in [-0.2, 0) is 11.3 Å². The molecule has 0 aliphatic heterocycles. The summed E-state index contributed by atoms with van der Waals surface area (Å²) >= 11 is 0. The van der Waals surface area contributed by atoms with E-state index in [-0.39, 0.29) is 0 Å². The van der Waals surface area contributed by atoms with Gasteiger partial charge < -0.3 is 15.0 Å². The molecule has 0 saturated heterocycles. The largest absolute Gasteiger partial charge is 0.381 e. The first kappa shape index (κ1) is 14.4. The molecule has 0 aliphatic rings. The van der Waals surface area contributed by atoms with Gasteiger partial charge in [0.2, 0.25) is 5.95 Å². The van der Waals surface area contributed by atoms with Gasteiger partial charge in [0.05, 0.1) is 11.1 Å². The van der Waals surface area contributed by atoms with Gasteiger partial charge in [0.25, 0.3) is 0 Å². The van der Waals surface area contributed by atoms with Crippen LogP contribution >= 0.6 is 0 Å². The van der Waals surface area contributed by atoms with Crippen LogP contribution in [0.4, 0.5) is 5.95 Å². The first-order valence-corrected chi connectivity index (χ1v) is 6.86. The number of para-hydroxylation sites is 1. The fourth-order valence-corrected chi connectivity index (χ4v) is 2.13. The number of ether oxygens (including phenoxy) is 1. The standard InChI is InChI=1S/C15H20N4O/c1-11(2)10-20-8-4-7-19-13-6-3-5-12(9-16)14(13)18-15(19)17/h3,5-6,11H,4,7-8,10H2,1-2H3,(H2,17,18). The highest BCUT2D eigenvalue weighted by molar-refractivity contribution is 5.83. The van der Waals surface area contributed by atoms with Crippen LogP contribution in [-0.4, -0.2) is 22.8 Å². The summed E-state index contributed by atoms with van der Waals surface area (Å²) in [7, 11) is 0. The fraction of sp³-hybridized carbons (Fsp3) is 0.467. The number of fused-ring (bicyclic) bond motifs is 1. The number of nitrogen functional groups attached to an aromatic ring is 1. The van der Waals surface area contributed by atoms with E-state index in [1.165, 1.54) is 0 Å². The maximum Gasteiger partial charge on any atom is 0.201 e. The molecule has 106 valence electrons. The van der Waals surface area contributed by atoms with Crippen LogP contribution in [0, 0.1) is 17.2 Å². The van der Waals surface area contributed by atoms with Gasteiger partial charge in [-0.25, -0.2) is 4.98 Å². The molecule has 0 fully saturated rings. The first-order valence-electron chi connectivity index (χ1n) is 6.86. The van der Waals surface area contributed by atoms with Crippen molar-refractivity contribution in [2.24, 2.45) is 5.92 Å². The topological polar surface area (TPSA) is 76.9 Å². The Kier molecular flexibility index (Phi) is 4.59. The predicted molar refractivity (Wildman–Crippen MR) is 79.1 cm³/mol. The molecular formula is C15H20N4O. The van der Waals surface area contributed by atoms with Crippen molar-refractivity contribution in [1.82, 2.24) is 9.55 Å². The van der Waals surface area contributed by atoms with Gasteiger partial charge in [-0.1, -0.05) is 19.9 Å². The van der Waals surface area contributed by atoms with Gasteiger partial charge in [0.1, 0.15) is 11.6 Å². The molecule has 2 aromatic rings. The lowest BCUT2D eigenvalue weighted by molar-refractivity contribution is 0.105. The van der Waals surface area contributed by atoms with Crippen molar-refractivity contribution < 1.29 is 4.74 Å². The van der Waals surface area contributed by atoms with Crippen molar-refractivity contribution >= 4 is 17.0 Å². The van der Waals surface area contributed by atoms with Crippen LogP contribution in [0.1, 0.15) is 25.8 Å². The summed E-state index contributed by atoms with van der Waals surface area (Å²) in [5.74, 6) is 0.999. The van der Waals surface area contributed by atoms with Gasteiger partial charge in [-0.2, -0.15) is 5.26 Å². The molecule has 0 atom stereocenters. The molecule has 1 heterocycles. The molecule has 0 unspecified atom stereocenters. The van der Waals surface area contributed by atoms with Crippen molar-refractivity contribution in [1.29, 1.82) is 5.26 Å². The molecular weight excluding hydrogens is 252 g/mol. The van der Waals surface area contributed by atoms with Crippen molar-refractivity contribution in [3.05, 3.63) is 23.8 Å². The van der Waals surface area contributed by atoms with Gasteiger partial charge in [0, 0.05) is 19.8 Å².